The number of rotatable bonds is 7. The van der Waals surface area contributed by atoms with E-state index in [-0.39, 0.29) is 11.4 Å². The van der Waals surface area contributed by atoms with Crippen molar-refractivity contribution in [3.8, 4) is 17.2 Å². The number of ether oxygens (including phenoxy) is 3. The molecule has 0 bridgehead atoms. The normalized spacial score (nSPS) is 10.9. The predicted octanol–water partition coefficient (Wildman–Crippen LogP) is 4.47. The highest BCUT2D eigenvalue weighted by molar-refractivity contribution is 6.31. The largest absolute Gasteiger partial charge is 0.495 e. The fourth-order valence-corrected chi connectivity index (χ4v) is 2.78. The highest BCUT2D eigenvalue weighted by Gasteiger charge is 2.23. The summed E-state index contributed by atoms with van der Waals surface area (Å²) in [6.45, 7) is 4.49. The molecule has 0 aromatic heterocycles. The Morgan fingerprint density at radius 1 is 0.963 bits per heavy atom. The Kier molecular flexibility index (Phi) is 6.80. The summed E-state index contributed by atoms with van der Waals surface area (Å²) in [6, 6.07) is 10.4. The van der Waals surface area contributed by atoms with E-state index in [0.717, 1.165) is 5.56 Å². The van der Waals surface area contributed by atoms with Gasteiger partial charge in [-0.3, -0.25) is 0 Å². The van der Waals surface area contributed by atoms with Gasteiger partial charge < -0.3 is 24.8 Å². The molecule has 0 unspecified atom stereocenters. The van der Waals surface area contributed by atoms with Gasteiger partial charge in [0.2, 0.25) is 0 Å². The van der Waals surface area contributed by atoms with E-state index in [4.69, 9.17) is 25.8 Å². The molecule has 2 rings (SSSR count). The van der Waals surface area contributed by atoms with Gasteiger partial charge in [0.05, 0.1) is 27.0 Å². The van der Waals surface area contributed by atoms with Crippen LogP contribution in [0.4, 0.5) is 10.5 Å². The Morgan fingerprint density at radius 3 is 2.22 bits per heavy atom. The quantitative estimate of drug-likeness (QED) is 0.729. The lowest BCUT2D eigenvalue weighted by atomic mass is 9.84. The summed E-state index contributed by atoms with van der Waals surface area (Å²) in [6.07, 6.45) is 0. The third-order valence-corrected chi connectivity index (χ3v) is 4.50. The van der Waals surface area contributed by atoms with E-state index in [1.54, 1.807) is 32.4 Å². The van der Waals surface area contributed by atoms with Crippen LogP contribution in [-0.4, -0.2) is 33.9 Å². The first-order chi connectivity index (χ1) is 12.8. The Labute approximate surface area is 164 Å². The number of hydrogen-bond donors (Lipinski definition) is 2. The van der Waals surface area contributed by atoms with Crippen molar-refractivity contribution in [3.63, 3.8) is 0 Å². The predicted molar refractivity (Wildman–Crippen MR) is 108 cm³/mol. The van der Waals surface area contributed by atoms with E-state index < -0.39 is 0 Å². The van der Waals surface area contributed by atoms with Gasteiger partial charge in [-0.2, -0.15) is 0 Å². The molecule has 0 aliphatic rings. The molecule has 0 aliphatic carbocycles. The molecule has 0 saturated carbocycles. The van der Waals surface area contributed by atoms with E-state index in [0.29, 0.717) is 34.5 Å². The van der Waals surface area contributed by atoms with Crippen molar-refractivity contribution < 1.29 is 19.0 Å². The van der Waals surface area contributed by atoms with Gasteiger partial charge in [-0.1, -0.05) is 31.5 Å². The molecule has 146 valence electrons. The van der Waals surface area contributed by atoms with E-state index in [1.807, 2.05) is 32.0 Å². The SMILES string of the molecule is COc1ccc(Cl)cc1NC(=O)NCC(C)(C)c1ccc(OC)c(OC)c1. The first-order valence-corrected chi connectivity index (χ1v) is 8.79. The third-order valence-electron chi connectivity index (χ3n) is 4.27. The van der Waals surface area contributed by atoms with Crippen molar-refractivity contribution in [3.05, 3.63) is 47.0 Å². The van der Waals surface area contributed by atoms with Gasteiger partial charge in [0, 0.05) is 17.0 Å². The second kappa shape index (κ2) is 8.86. The van der Waals surface area contributed by atoms with Gasteiger partial charge >= 0.3 is 6.03 Å². The molecule has 0 heterocycles. The zero-order valence-corrected chi connectivity index (χ0v) is 16.9. The minimum Gasteiger partial charge on any atom is -0.495 e. The number of urea groups is 1. The maximum absolute atomic E-state index is 12.3. The van der Waals surface area contributed by atoms with Crippen LogP contribution in [-0.2, 0) is 5.41 Å². The van der Waals surface area contributed by atoms with Crippen LogP contribution < -0.4 is 24.8 Å². The summed E-state index contributed by atoms with van der Waals surface area (Å²) in [4.78, 5) is 12.3. The number of amides is 2. The molecule has 0 aliphatic heterocycles. The summed E-state index contributed by atoms with van der Waals surface area (Å²) < 4.78 is 15.9. The molecule has 6 nitrogen and oxygen atoms in total. The molecule has 2 aromatic carbocycles. The smallest absolute Gasteiger partial charge is 0.319 e. The maximum Gasteiger partial charge on any atom is 0.319 e. The first kappa shape index (κ1) is 20.7. The Bertz CT molecular complexity index is 809. The van der Waals surface area contributed by atoms with Crippen molar-refractivity contribution in [2.45, 2.75) is 19.3 Å². The lowest BCUT2D eigenvalue weighted by Gasteiger charge is -2.26. The van der Waals surface area contributed by atoms with Crippen molar-refractivity contribution in [1.82, 2.24) is 5.32 Å². The minimum atomic E-state index is -0.343. The van der Waals surface area contributed by atoms with Crippen molar-refractivity contribution in [2.24, 2.45) is 0 Å². The average Bonchev–Trinajstić information content (AvgIpc) is 2.66. The number of nitrogens with one attached hydrogen (secondary N) is 2. The van der Waals surface area contributed by atoms with Crippen LogP contribution in [0.5, 0.6) is 17.2 Å². The Morgan fingerprint density at radius 2 is 1.59 bits per heavy atom. The number of anilines is 1. The van der Waals surface area contributed by atoms with Crippen LogP contribution in [0.2, 0.25) is 5.02 Å². The number of halogens is 1. The van der Waals surface area contributed by atoms with E-state index in [9.17, 15) is 4.79 Å². The number of benzene rings is 2. The standard InChI is InChI=1S/C20H25ClN2O4/c1-20(2,13-6-8-17(26-4)18(10-13)27-5)12-22-19(24)23-15-11-14(21)7-9-16(15)25-3/h6-11H,12H2,1-5H3,(H2,22,23,24). The molecular formula is C20H25ClN2O4. The molecule has 0 fully saturated rings. The number of hydrogen-bond acceptors (Lipinski definition) is 4. The third kappa shape index (κ3) is 5.20. The zero-order chi connectivity index (χ0) is 20.0. The van der Waals surface area contributed by atoms with Gasteiger partial charge in [0.15, 0.2) is 11.5 Å². The Balaban J connectivity index is 2.06. The van der Waals surface area contributed by atoms with Gasteiger partial charge in [-0.05, 0) is 35.9 Å². The fourth-order valence-electron chi connectivity index (χ4n) is 2.60. The monoisotopic (exact) mass is 392 g/mol. The molecule has 0 radical (unpaired) electrons. The highest BCUT2D eigenvalue weighted by atomic mass is 35.5. The second-order valence-corrected chi connectivity index (χ2v) is 7.04. The summed E-state index contributed by atoms with van der Waals surface area (Å²) in [5, 5.41) is 6.16. The molecule has 27 heavy (non-hydrogen) atoms. The molecule has 0 spiro atoms. The highest BCUT2D eigenvalue weighted by Crippen LogP contribution is 2.33. The van der Waals surface area contributed by atoms with Crippen LogP contribution >= 0.6 is 11.6 Å². The van der Waals surface area contributed by atoms with Gasteiger partial charge in [-0.25, -0.2) is 4.79 Å². The van der Waals surface area contributed by atoms with Gasteiger partial charge in [-0.15, -0.1) is 0 Å². The number of methoxy groups -OCH3 is 3. The Hall–Kier alpha value is -2.60. The lowest BCUT2D eigenvalue weighted by molar-refractivity contribution is 0.249. The molecule has 2 N–H and O–H groups in total. The lowest BCUT2D eigenvalue weighted by Crippen LogP contribution is -2.39. The van der Waals surface area contributed by atoms with Gasteiger partial charge in [0.25, 0.3) is 0 Å². The van der Waals surface area contributed by atoms with Crippen LogP contribution in [0.25, 0.3) is 0 Å². The average molecular weight is 393 g/mol. The zero-order valence-electron chi connectivity index (χ0n) is 16.2. The van der Waals surface area contributed by atoms with Crippen molar-refractivity contribution >= 4 is 23.3 Å². The van der Waals surface area contributed by atoms with E-state index in [2.05, 4.69) is 10.6 Å². The molecule has 2 amide bonds. The second-order valence-electron chi connectivity index (χ2n) is 6.61. The summed E-state index contributed by atoms with van der Waals surface area (Å²) in [5.74, 6) is 1.85. The fraction of sp³-hybridized carbons (Fsp3) is 0.350. The number of carbonyl (C=O) groups excluding carboxylic acids is 1. The summed E-state index contributed by atoms with van der Waals surface area (Å²) >= 11 is 5.99. The minimum absolute atomic E-state index is 0.324. The number of carbonyl (C=O) groups is 1. The van der Waals surface area contributed by atoms with Crippen LogP contribution in [0, 0.1) is 0 Å². The van der Waals surface area contributed by atoms with Crippen LogP contribution in [0.1, 0.15) is 19.4 Å². The molecule has 0 atom stereocenters. The van der Waals surface area contributed by atoms with E-state index in [1.165, 1.54) is 7.11 Å². The van der Waals surface area contributed by atoms with Gasteiger partial charge in [0.1, 0.15) is 5.75 Å². The van der Waals surface area contributed by atoms with Crippen molar-refractivity contribution in [1.29, 1.82) is 0 Å². The molecule has 7 heteroatoms. The molecule has 2 aromatic rings. The summed E-state index contributed by atoms with van der Waals surface area (Å²) in [5.41, 5.74) is 1.20. The van der Waals surface area contributed by atoms with Crippen LogP contribution in [0.3, 0.4) is 0 Å². The molecular weight excluding hydrogens is 368 g/mol. The summed E-state index contributed by atoms with van der Waals surface area (Å²) in [7, 11) is 4.73. The topological polar surface area (TPSA) is 68.8 Å². The van der Waals surface area contributed by atoms with Crippen LogP contribution in [0.15, 0.2) is 36.4 Å². The van der Waals surface area contributed by atoms with E-state index >= 15 is 0 Å². The first-order valence-electron chi connectivity index (χ1n) is 8.41. The van der Waals surface area contributed by atoms with Crippen molar-refractivity contribution in [2.75, 3.05) is 33.2 Å². The molecule has 0 saturated heterocycles. The maximum atomic E-state index is 12.3.